The van der Waals surface area contributed by atoms with Crippen LogP contribution in [0.3, 0.4) is 0 Å². The van der Waals surface area contributed by atoms with Crippen LogP contribution in [0.15, 0.2) is 0 Å². The molecule has 0 radical (unpaired) electrons. The molecule has 0 saturated carbocycles. The zero-order chi connectivity index (χ0) is 27.6. The Kier molecular flexibility index (Phi) is 12.8. The van der Waals surface area contributed by atoms with E-state index in [1.54, 1.807) is 0 Å². The van der Waals surface area contributed by atoms with Gasteiger partial charge in [-0.2, -0.15) is 0 Å². The molecule has 0 unspecified atom stereocenters. The summed E-state index contributed by atoms with van der Waals surface area (Å²) in [6, 6.07) is 0. The van der Waals surface area contributed by atoms with E-state index >= 15 is 0 Å². The molecule has 0 bridgehead atoms. The molecule has 4 heteroatoms. The fourth-order valence-electron chi connectivity index (χ4n) is 5.81. The number of hydrogen-bond donors (Lipinski definition) is 0. The minimum absolute atomic E-state index is 0.0982. The van der Waals surface area contributed by atoms with Crippen molar-refractivity contribution in [2.45, 2.75) is 139 Å². The Morgan fingerprint density at radius 1 is 0.865 bits per heavy atom. The summed E-state index contributed by atoms with van der Waals surface area (Å²) in [5.41, 5.74) is 4.63. The van der Waals surface area contributed by atoms with Gasteiger partial charge in [0.1, 0.15) is 30.3 Å². The van der Waals surface area contributed by atoms with Gasteiger partial charge in [0, 0.05) is 12.5 Å². The van der Waals surface area contributed by atoms with Gasteiger partial charge >= 0.3 is 5.97 Å². The molecular weight excluding hydrogens is 460 g/mol. The van der Waals surface area contributed by atoms with Crippen molar-refractivity contribution in [3.63, 3.8) is 0 Å². The third-order valence-corrected chi connectivity index (χ3v) is 8.47. The lowest BCUT2D eigenvalue weighted by molar-refractivity contribution is -0.141. The number of esters is 1. The molecule has 0 aromatic heterocycles. The first kappa shape index (κ1) is 31.5. The van der Waals surface area contributed by atoms with Crippen LogP contribution < -0.4 is 9.47 Å². The summed E-state index contributed by atoms with van der Waals surface area (Å²) in [7, 11) is 0. The van der Waals surface area contributed by atoms with E-state index in [9.17, 15) is 4.79 Å². The Morgan fingerprint density at radius 2 is 1.46 bits per heavy atom. The Hall–Kier alpha value is -1.71. The van der Waals surface area contributed by atoms with E-state index < -0.39 is 0 Å². The lowest BCUT2D eigenvalue weighted by Crippen LogP contribution is -2.37. The van der Waals surface area contributed by atoms with Gasteiger partial charge in [-0.3, -0.25) is 4.79 Å². The van der Waals surface area contributed by atoms with Crippen molar-refractivity contribution in [3.05, 3.63) is 22.3 Å². The molecule has 37 heavy (non-hydrogen) atoms. The highest BCUT2D eigenvalue weighted by Crippen LogP contribution is 2.45. The van der Waals surface area contributed by atoms with E-state index in [4.69, 9.17) is 14.2 Å². The predicted molar refractivity (Wildman–Crippen MR) is 155 cm³/mol. The van der Waals surface area contributed by atoms with Gasteiger partial charge in [-0.25, -0.2) is 0 Å². The maximum absolute atomic E-state index is 11.0. The van der Waals surface area contributed by atoms with Gasteiger partial charge in [0.2, 0.25) is 0 Å². The number of hydrogen-bond acceptors (Lipinski definition) is 4. The Balaban J connectivity index is 1.82. The number of benzene rings is 1. The topological polar surface area (TPSA) is 44.8 Å². The monoisotopic (exact) mass is 516 g/mol. The molecule has 4 nitrogen and oxygen atoms in total. The van der Waals surface area contributed by atoms with Crippen molar-refractivity contribution in [2.24, 2.45) is 17.8 Å². The SMILES string of the molecule is CC(=O)OCCOc1c(C)c(C)c2c(c1C)CC[C@@](C)(CCC[C@H](C)CCC[C@H](C)CCCC(C)C)O2. The number of carbonyl (C=O) groups is 1. The minimum atomic E-state index is -0.275. The summed E-state index contributed by atoms with van der Waals surface area (Å²) >= 11 is 0. The van der Waals surface area contributed by atoms with E-state index in [2.05, 4.69) is 55.4 Å². The highest BCUT2D eigenvalue weighted by Gasteiger charge is 2.34. The third kappa shape index (κ3) is 10.2. The molecule has 1 aromatic rings. The van der Waals surface area contributed by atoms with Gasteiger partial charge in [0.05, 0.1) is 0 Å². The molecule has 1 heterocycles. The Labute approximate surface area is 228 Å². The molecule has 212 valence electrons. The van der Waals surface area contributed by atoms with Gasteiger partial charge in [0.15, 0.2) is 0 Å². The van der Waals surface area contributed by atoms with Crippen LogP contribution in [0.25, 0.3) is 0 Å². The summed E-state index contributed by atoms with van der Waals surface area (Å²) in [6.45, 7) is 20.3. The van der Waals surface area contributed by atoms with Gasteiger partial charge in [-0.1, -0.05) is 72.6 Å². The second kappa shape index (κ2) is 15.0. The van der Waals surface area contributed by atoms with Gasteiger partial charge in [-0.05, 0) is 87.8 Å². The van der Waals surface area contributed by atoms with Gasteiger partial charge in [0.25, 0.3) is 0 Å². The molecular formula is C33H56O4. The van der Waals surface area contributed by atoms with Crippen LogP contribution in [0.2, 0.25) is 0 Å². The zero-order valence-electron chi connectivity index (χ0n) is 25.6. The molecule has 0 spiro atoms. The van der Waals surface area contributed by atoms with E-state index in [1.165, 1.54) is 69.4 Å². The molecule has 3 atom stereocenters. The van der Waals surface area contributed by atoms with Crippen molar-refractivity contribution in [1.29, 1.82) is 0 Å². The van der Waals surface area contributed by atoms with Crippen LogP contribution in [0.5, 0.6) is 11.5 Å². The van der Waals surface area contributed by atoms with Crippen LogP contribution in [0.4, 0.5) is 0 Å². The maximum Gasteiger partial charge on any atom is 0.302 e. The highest BCUT2D eigenvalue weighted by atomic mass is 16.6. The minimum Gasteiger partial charge on any atom is -0.489 e. The average Bonchev–Trinajstić information content (AvgIpc) is 2.81. The third-order valence-electron chi connectivity index (χ3n) is 8.47. The van der Waals surface area contributed by atoms with Crippen molar-refractivity contribution >= 4 is 5.97 Å². The smallest absolute Gasteiger partial charge is 0.302 e. The van der Waals surface area contributed by atoms with Crippen LogP contribution in [0.1, 0.15) is 128 Å². The number of rotatable bonds is 16. The maximum atomic E-state index is 11.0. The van der Waals surface area contributed by atoms with Crippen molar-refractivity contribution in [3.8, 4) is 11.5 Å². The molecule has 0 N–H and O–H groups in total. The molecule has 2 rings (SSSR count). The lowest BCUT2D eigenvalue weighted by Gasteiger charge is -2.38. The van der Waals surface area contributed by atoms with Crippen LogP contribution in [-0.4, -0.2) is 24.8 Å². The molecule has 0 amide bonds. The first-order valence-electron chi connectivity index (χ1n) is 15.0. The predicted octanol–water partition coefficient (Wildman–Crippen LogP) is 9.08. The first-order valence-corrected chi connectivity index (χ1v) is 15.0. The van der Waals surface area contributed by atoms with Crippen LogP contribution in [-0.2, 0) is 16.0 Å². The van der Waals surface area contributed by atoms with Crippen molar-refractivity contribution in [1.82, 2.24) is 0 Å². The summed E-state index contributed by atoms with van der Waals surface area (Å²) in [5.74, 6) is 4.21. The summed E-state index contributed by atoms with van der Waals surface area (Å²) in [4.78, 5) is 11.0. The lowest BCUT2D eigenvalue weighted by atomic mass is 9.83. The second-order valence-corrected chi connectivity index (χ2v) is 12.6. The highest BCUT2D eigenvalue weighted by molar-refractivity contribution is 5.65. The molecule has 1 aromatic carbocycles. The summed E-state index contributed by atoms with van der Waals surface area (Å²) < 4.78 is 17.8. The number of ether oxygens (including phenoxy) is 3. The van der Waals surface area contributed by atoms with Crippen LogP contribution in [0, 0.1) is 38.5 Å². The van der Waals surface area contributed by atoms with Gasteiger partial charge < -0.3 is 14.2 Å². The normalized spacial score (nSPS) is 18.8. The summed E-state index contributed by atoms with van der Waals surface area (Å²) in [6.07, 6.45) is 13.9. The second-order valence-electron chi connectivity index (χ2n) is 12.6. The van der Waals surface area contributed by atoms with E-state index in [0.717, 1.165) is 59.6 Å². The Morgan fingerprint density at radius 3 is 2.05 bits per heavy atom. The first-order chi connectivity index (χ1) is 17.4. The molecule has 0 saturated heterocycles. The Bertz CT molecular complexity index is 859. The fraction of sp³-hybridized carbons (Fsp3) is 0.788. The zero-order valence-corrected chi connectivity index (χ0v) is 25.6. The van der Waals surface area contributed by atoms with E-state index in [0.29, 0.717) is 6.61 Å². The average molecular weight is 517 g/mol. The largest absolute Gasteiger partial charge is 0.489 e. The molecule has 0 aliphatic carbocycles. The quantitative estimate of drug-likeness (QED) is 0.162. The number of carbonyl (C=O) groups excluding carboxylic acids is 1. The van der Waals surface area contributed by atoms with Crippen LogP contribution >= 0.6 is 0 Å². The van der Waals surface area contributed by atoms with Crippen molar-refractivity contribution < 1.29 is 19.0 Å². The van der Waals surface area contributed by atoms with E-state index in [1.807, 2.05) is 0 Å². The molecule has 1 aliphatic rings. The van der Waals surface area contributed by atoms with Crippen molar-refractivity contribution in [2.75, 3.05) is 13.2 Å². The fourth-order valence-corrected chi connectivity index (χ4v) is 5.81. The van der Waals surface area contributed by atoms with E-state index in [-0.39, 0.29) is 18.2 Å². The molecule has 0 fully saturated rings. The number of fused-ring (bicyclic) bond motifs is 1. The molecule has 1 aliphatic heterocycles. The summed E-state index contributed by atoms with van der Waals surface area (Å²) in [5, 5.41) is 0. The standard InChI is InChI=1S/C33H56O4/c1-23(2)13-10-14-24(3)15-11-16-25(4)17-12-19-33(9)20-18-30-28(7)31(36-22-21-35-29(8)34)26(5)27(6)32(30)37-33/h23-25H,10-22H2,1-9H3/t24-,25-,33-/m1/s1. The van der Waals surface area contributed by atoms with Gasteiger partial charge in [-0.15, -0.1) is 0 Å².